The quantitative estimate of drug-likeness (QED) is 0.468. The van der Waals surface area contributed by atoms with Crippen molar-refractivity contribution in [3.63, 3.8) is 0 Å². The Morgan fingerprint density at radius 2 is 1.93 bits per heavy atom. The van der Waals surface area contributed by atoms with Gasteiger partial charge in [-0.3, -0.25) is 14.8 Å². The lowest BCUT2D eigenvalue weighted by Crippen LogP contribution is -2.60. The molecule has 1 saturated carbocycles. The number of amides is 1. The minimum atomic E-state index is -1.31. The Morgan fingerprint density at radius 3 is 2.61 bits per heavy atom. The van der Waals surface area contributed by atoms with Crippen LogP contribution in [0.3, 0.4) is 0 Å². The first-order valence-corrected chi connectivity index (χ1v) is 10.7. The van der Waals surface area contributed by atoms with Gasteiger partial charge in [-0.1, -0.05) is 26.2 Å². The summed E-state index contributed by atoms with van der Waals surface area (Å²) < 4.78 is 0. The lowest BCUT2D eigenvalue weighted by molar-refractivity contribution is -0.128. The van der Waals surface area contributed by atoms with Gasteiger partial charge in [-0.05, 0) is 44.9 Å². The van der Waals surface area contributed by atoms with Gasteiger partial charge in [0.2, 0.25) is 5.91 Å². The zero-order valence-corrected chi connectivity index (χ0v) is 17.0. The molecule has 1 fully saturated rings. The molecular formula is C20H35N5O3. The van der Waals surface area contributed by atoms with Crippen LogP contribution >= 0.6 is 0 Å². The molecule has 5 unspecified atom stereocenters. The molecule has 2 aliphatic heterocycles. The number of carbonyl (C=O) groups excluding carboxylic acids is 1. The van der Waals surface area contributed by atoms with Gasteiger partial charge in [0.15, 0.2) is 12.3 Å². The third-order valence-electron chi connectivity index (χ3n) is 6.43. The highest BCUT2D eigenvalue weighted by molar-refractivity contribution is 6.42. The number of carbonyl (C=O) groups is 1. The van der Waals surface area contributed by atoms with Crippen LogP contribution < -0.4 is 16.4 Å². The van der Waals surface area contributed by atoms with Crippen LogP contribution in [0.5, 0.6) is 0 Å². The summed E-state index contributed by atoms with van der Waals surface area (Å²) in [6.07, 6.45) is 5.57. The first kappa shape index (κ1) is 21.2. The van der Waals surface area contributed by atoms with Gasteiger partial charge < -0.3 is 26.6 Å². The van der Waals surface area contributed by atoms with Gasteiger partial charge in [0.25, 0.3) is 0 Å². The lowest BCUT2D eigenvalue weighted by atomic mass is 9.84. The number of amidine groups is 1. The summed E-state index contributed by atoms with van der Waals surface area (Å²) in [5.74, 6) is 0.663. The SMILES string of the molecule is CCC1CCC(N)N=C1C1=NC(C(=O)N[C@H](C)C2CCCCC2)C(O)C(O)N1. The van der Waals surface area contributed by atoms with Crippen LogP contribution in [0.25, 0.3) is 0 Å². The predicted octanol–water partition coefficient (Wildman–Crippen LogP) is 0.667. The summed E-state index contributed by atoms with van der Waals surface area (Å²) in [5, 5.41) is 26.5. The Balaban J connectivity index is 1.76. The van der Waals surface area contributed by atoms with Gasteiger partial charge in [-0.15, -0.1) is 0 Å². The van der Waals surface area contributed by atoms with Crippen molar-refractivity contribution in [2.45, 2.75) is 95.8 Å². The van der Waals surface area contributed by atoms with E-state index in [0.29, 0.717) is 17.5 Å². The minimum absolute atomic E-state index is 0.0227. The zero-order valence-electron chi connectivity index (χ0n) is 17.0. The van der Waals surface area contributed by atoms with Crippen LogP contribution in [-0.4, -0.2) is 58.2 Å². The third-order valence-corrected chi connectivity index (χ3v) is 6.43. The van der Waals surface area contributed by atoms with Crippen molar-refractivity contribution in [3.05, 3.63) is 0 Å². The van der Waals surface area contributed by atoms with Crippen LogP contribution in [0, 0.1) is 11.8 Å². The van der Waals surface area contributed by atoms with E-state index in [2.05, 4.69) is 27.5 Å². The Bertz CT molecular complexity index is 617. The fourth-order valence-electron chi connectivity index (χ4n) is 4.58. The second-order valence-corrected chi connectivity index (χ2v) is 8.46. The highest BCUT2D eigenvalue weighted by atomic mass is 16.3. The molecule has 0 spiro atoms. The molecule has 28 heavy (non-hydrogen) atoms. The summed E-state index contributed by atoms with van der Waals surface area (Å²) >= 11 is 0. The highest BCUT2D eigenvalue weighted by Crippen LogP contribution is 2.27. The Morgan fingerprint density at radius 1 is 1.21 bits per heavy atom. The van der Waals surface area contributed by atoms with Crippen LogP contribution in [0.4, 0.5) is 0 Å². The molecular weight excluding hydrogens is 358 g/mol. The number of nitrogens with one attached hydrogen (secondary N) is 2. The van der Waals surface area contributed by atoms with Crippen LogP contribution in [0.2, 0.25) is 0 Å². The zero-order chi connectivity index (χ0) is 20.3. The number of aliphatic imine (C=N–C) groups is 2. The second-order valence-electron chi connectivity index (χ2n) is 8.46. The van der Waals surface area contributed by atoms with Crippen LogP contribution in [0.1, 0.15) is 65.2 Å². The van der Waals surface area contributed by atoms with E-state index in [1.165, 1.54) is 19.3 Å². The Kier molecular flexibility index (Phi) is 7.06. The number of hydrogen-bond acceptors (Lipinski definition) is 7. The van der Waals surface area contributed by atoms with Crippen LogP contribution in [0.15, 0.2) is 9.98 Å². The normalized spacial score (nSPS) is 35.4. The second kappa shape index (κ2) is 9.33. The number of aliphatic hydroxyl groups is 2. The van der Waals surface area contributed by atoms with Gasteiger partial charge in [0.1, 0.15) is 11.9 Å². The molecule has 0 saturated heterocycles. The number of aliphatic hydroxyl groups excluding tert-OH is 2. The standard InChI is InChI=1S/C20H35N5O3/c1-3-12-9-10-14(21)23-15(12)18-24-16(17(26)20(28)25-18)19(27)22-11(2)13-7-5-4-6-8-13/h11-14,16-17,20,26,28H,3-10,21H2,1-2H3,(H,22,27)(H,24,25)/t11-,12?,14?,16?,17?,20?/m1/s1. The Labute approximate surface area is 167 Å². The number of nitrogens with two attached hydrogens (primary N) is 1. The molecule has 0 aromatic heterocycles. The average molecular weight is 394 g/mol. The predicted molar refractivity (Wildman–Crippen MR) is 109 cm³/mol. The highest BCUT2D eigenvalue weighted by Gasteiger charge is 2.40. The van der Waals surface area contributed by atoms with Gasteiger partial charge in [-0.25, -0.2) is 0 Å². The molecule has 6 N–H and O–H groups in total. The lowest BCUT2D eigenvalue weighted by Gasteiger charge is -2.35. The maximum atomic E-state index is 12.9. The largest absolute Gasteiger partial charge is 0.386 e. The number of rotatable bonds is 5. The summed E-state index contributed by atoms with van der Waals surface area (Å²) in [7, 11) is 0. The van der Waals surface area contributed by atoms with E-state index < -0.39 is 18.4 Å². The van der Waals surface area contributed by atoms with E-state index in [9.17, 15) is 15.0 Å². The van der Waals surface area contributed by atoms with Crippen LogP contribution in [-0.2, 0) is 4.79 Å². The molecule has 3 rings (SSSR count). The fraction of sp³-hybridized carbons (Fsp3) is 0.850. The van der Waals surface area contributed by atoms with Gasteiger partial charge in [0, 0.05) is 12.0 Å². The smallest absolute Gasteiger partial charge is 0.247 e. The topological polar surface area (TPSA) is 132 Å². The van der Waals surface area contributed by atoms with Crippen molar-refractivity contribution >= 4 is 17.5 Å². The van der Waals surface area contributed by atoms with Gasteiger partial charge in [-0.2, -0.15) is 0 Å². The van der Waals surface area contributed by atoms with Crippen molar-refractivity contribution in [1.29, 1.82) is 0 Å². The van der Waals surface area contributed by atoms with Crippen molar-refractivity contribution in [3.8, 4) is 0 Å². The molecule has 0 aromatic carbocycles. The first-order chi connectivity index (χ1) is 13.4. The summed E-state index contributed by atoms with van der Waals surface area (Å²) in [4.78, 5) is 21.9. The van der Waals surface area contributed by atoms with Crippen molar-refractivity contribution in [1.82, 2.24) is 10.6 Å². The van der Waals surface area contributed by atoms with E-state index in [-0.39, 0.29) is 24.0 Å². The van der Waals surface area contributed by atoms with Crippen molar-refractivity contribution < 1.29 is 15.0 Å². The van der Waals surface area contributed by atoms with E-state index in [1.807, 2.05) is 6.92 Å². The molecule has 0 bridgehead atoms. The number of nitrogens with zero attached hydrogens (tertiary/aromatic N) is 2. The van der Waals surface area contributed by atoms with Crippen molar-refractivity contribution in [2.75, 3.05) is 0 Å². The van der Waals surface area contributed by atoms with E-state index in [0.717, 1.165) is 32.1 Å². The van der Waals surface area contributed by atoms with Gasteiger partial charge in [0.05, 0.1) is 11.9 Å². The monoisotopic (exact) mass is 393 g/mol. The molecule has 158 valence electrons. The molecule has 1 aliphatic carbocycles. The summed E-state index contributed by atoms with van der Waals surface area (Å²) in [6, 6.07) is -1.04. The molecule has 6 atom stereocenters. The molecule has 2 heterocycles. The molecule has 8 heteroatoms. The fourth-order valence-corrected chi connectivity index (χ4v) is 4.58. The maximum absolute atomic E-state index is 12.9. The van der Waals surface area contributed by atoms with Crippen molar-refractivity contribution in [2.24, 2.45) is 27.6 Å². The van der Waals surface area contributed by atoms with E-state index >= 15 is 0 Å². The minimum Gasteiger partial charge on any atom is -0.386 e. The van der Waals surface area contributed by atoms with E-state index in [1.54, 1.807) is 0 Å². The maximum Gasteiger partial charge on any atom is 0.247 e. The molecule has 0 aromatic rings. The molecule has 3 aliphatic rings. The molecule has 8 nitrogen and oxygen atoms in total. The number of hydrogen-bond donors (Lipinski definition) is 5. The average Bonchev–Trinajstić information content (AvgIpc) is 2.70. The van der Waals surface area contributed by atoms with Gasteiger partial charge >= 0.3 is 0 Å². The Hall–Kier alpha value is -1.51. The summed E-state index contributed by atoms with van der Waals surface area (Å²) in [5.41, 5.74) is 6.69. The molecule has 1 amide bonds. The first-order valence-electron chi connectivity index (χ1n) is 10.7. The molecule has 0 radical (unpaired) electrons. The third kappa shape index (κ3) is 4.72. The summed E-state index contributed by atoms with van der Waals surface area (Å²) in [6.45, 7) is 4.08. The van der Waals surface area contributed by atoms with E-state index in [4.69, 9.17) is 5.73 Å².